The van der Waals surface area contributed by atoms with Gasteiger partial charge in [0.15, 0.2) is 17.4 Å². The first-order valence-electron chi connectivity index (χ1n) is 5.52. The number of rotatable bonds is 3. The van der Waals surface area contributed by atoms with Crippen molar-refractivity contribution in [2.45, 2.75) is 12.5 Å². The van der Waals surface area contributed by atoms with Gasteiger partial charge in [-0.2, -0.15) is 0 Å². The normalized spacial score (nSPS) is 23.1. The van der Waals surface area contributed by atoms with Crippen molar-refractivity contribution in [3.05, 3.63) is 29.3 Å². The van der Waals surface area contributed by atoms with Crippen LogP contribution in [-0.2, 0) is 4.79 Å². The van der Waals surface area contributed by atoms with E-state index >= 15 is 0 Å². The number of methoxy groups -OCH3 is 1. The largest absolute Gasteiger partial charge is 0.491 e. The van der Waals surface area contributed by atoms with Crippen molar-refractivity contribution in [2.75, 3.05) is 13.7 Å². The van der Waals surface area contributed by atoms with E-state index in [-0.39, 0.29) is 6.04 Å². The minimum atomic E-state index is -0.903. The Hall–Kier alpha value is -1.69. The summed E-state index contributed by atoms with van der Waals surface area (Å²) in [5.74, 6) is -3.42. The first kappa shape index (κ1) is 12.8. The zero-order chi connectivity index (χ0) is 13.3. The molecule has 0 aromatic heterocycles. The average molecular weight is 257 g/mol. The smallest absolute Gasteiger partial charge is 0.307 e. The van der Waals surface area contributed by atoms with Gasteiger partial charge in [0, 0.05) is 12.6 Å². The zero-order valence-corrected chi connectivity index (χ0v) is 9.74. The maximum absolute atomic E-state index is 13.5. The van der Waals surface area contributed by atoms with E-state index in [1.165, 1.54) is 19.2 Å². The maximum Gasteiger partial charge on any atom is 0.307 e. The number of carbonyl (C=O) groups is 1. The SMILES string of the molecule is COc1c(F)cc(C2CC(C(=O)O)CN2)cc1F. The Kier molecular flexibility index (Phi) is 3.47. The lowest BCUT2D eigenvalue weighted by molar-refractivity contribution is -0.141. The Labute approximate surface area is 103 Å². The molecule has 0 bridgehead atoms. The number of benzene rings is 1. The van der Waals surface area contributed by atoms with Gasteiger partial charge in [-0.1, -0.05) is 0 Å². The summed E-state index contributed by atoms with van der Waals surface area (Å²) in [6.07, 6.45) is 0.320. The monoisotopic (exact) mass is 257 g/mol. The molecule has 4 nitrogen and oxygen atoms in total. The highest BCUT2D eigenvalue weighted by Gasteiger charge is 2.31. The fourth-order valence-electron chi connectivity index (χ4n) is 2.15. The van der Waals surface area contributed by atoms with Crippen molar-refractivity contribution in [1.29, 1.82) is 0 Å². The van der Waals surface area contributed by atoms with Crippen LogP contribution in [0.5, 0.6) is 5.75 Å². The Balaban J connectivity index is 2.23. The molecule has 6 heteroatoms. The highest BCUT2D eigenvalue weighted by Crippen LogP contribution is 2.31. The van der Waals surface area contributed by atoms with Crippen molar-refractivity contribution in [3.8, 4) is 5.75 Å². The second-order valence-electron chi connectivity index (χ2n) is 4.25. The molecule has 2 unspecified atom stereocenters. The van der Waals surface area contributed by atoms with Gasteiger partial charge in [-0.05, 0) is 24.1 Å². The fraction of sp³-hybridized carbons (Fsp3) is 0.417. The van der Waals surface area contributed by atoms with Gasteiger partial charge in [0.25, 0.3) is 0 Å². The van der Waals surface area contributed by atoms with E-state index in [1.807, 2.05) is 0 Å². The molecule has 1 saturated heterocycles. The molecule has 2 atom stereocenters. The van der Waals surface area contributed by atoms with Crippen LogP contribution in [0.1, 0.15) is 18.0 Å². The Bertz CT molecular complexity index is 455. The van der Waals surface area contributed by atoms with Crippen LogP contribution in [0.15, 0.2) is 12.1 Å². The van der Waals surface area contributed by atoms with E-state index in [0.29, 0.717) is 18.5 Å². The molecule has 0 amide bonds. The average Bonchev–Trinajstić information content (AvgIpc) is 2.77. The van der Waals surface area contributed by atoms with Crippen LogP contribution in [0.25, 0.3) is 0 Å². The first-order valence-corrected chi connectivity index (χ1v) is 5.52. The molecular formula is C12H13F2NO3. The number of ether oxygens (including phenoxy) is 1. The molecule has 1 aromatic carbocycles. The summed E-state index contributed by atoms with van der Waals surface area (Å²) in [5, 5.41) is 11.8. The molecule has 98 valence electrons. The fourth-order valence-corrected chi connectivity index (χ4v) is 2.15. The molecule has 1 heterocycles. The summed E-state index contributed by atoms with van der Waals surface area (Å²) < 4.78 is 31.6. The molecule has 2 rings (SSSR count). The summed E-state index contributed by atoms with van der Waals surface area (Å²) in [6, 6.07) is 1.99. The van der Waals surface area contributed by atoms with E-state index in [9.17, 15) is 13.6 Å². The van der Waals surface area contributed by atoms with Gasteiger partial charge in [-0.3, -0.25) is 4.79 Å². The van der Waals surface area contributed by atoms with E-state index in [0.717, 1.165) is 0 Å². The minimum Gasteiger partial charge on any atom is -0.491 e. The standard InChI is InChI=1S/C12H13F2NO3/c1-18-11-8(13)2-6(3-9(11)14)10-4-7(5-15-10)12(16)17/h2-3,7,10,15H,4-5H2,1H3,(H,16,17). The number of carboxylic acids is 1. The third-order valence-corrected chi connectivity index (χ3v) is 3.11. The Morgan fingerprint density at radius 3 is 2.50 bits per heavy atom. The molecule has 0 aliphatic carbocycles. The van der Waals surface area contributed by atoms with Gasteiger partial charge in [-0.15, -0.1) is 0 Å². The van der Waals surface area contributed by atoms with E-state index in [4.69, 9.17) is 5.11 Å². The summed E-state index contributed by atoms with van der Waals surface area (Å²) in [5.41, 5.74) is 0.398. The second-order valence-corrected chi connectivity index (χ2v) is 4.25. The van der Waals surface area contributed by atoms with Gasteiger partial charge in [-0.25, -0.2) is 8.78 Å². The number of carboxylic acid groups (broad SMARTS) is 1. The lowest BCUT2D eigenvalue weighted by Gasteiger charge is -2.12. The quantitative estimate of drug-likeness (QED) is 0.865. The summed E-state index contributed by atoms with van der Waals surface area (Å²) in [4.78, 5) is 10.8. The topological polar surface area (TPSA) is 58.6 Å². The van der Waals surface area contributed by atoms with Crippen molar-refractivity contribution in [1.82, 2.24) is 5.32 Å². The summed E-state index contributed by atoms with van der Waals surface area (Å²) >= 11 is 0. The van der Waals surface area contributed by atoms with Gasteiger partial charge >= 0.3 is 5.97 Å². The summed E-state index contributed by atoms with van der Waals surface area (Å²) in [7, 11) is 1.19. The van der Waals surface area contributed by atoms with Crippen LogP contribution in [0.2, 0.25) is 0 Å². The van der Waals surface area contributed by atoms with Crippen molar-refractivity contribution in [3.63, 3.8) is 0 Å². The van der Waals surface area contributed by atoms with Gasteiger partial charge in [0.05, 0.1) is 13.0 Å². The molecule has 2 N–H and O–H groups in total. The minimum absolute atomic E-state index is 0.301. The highest BCUT2D eigenvalue weighted by molar-refractivity contribution is 5.70. The highest BCUT2D eigenvalue weighted by atomic mass is 19.1. The molecule has 1 aromatic rings. The van der Waals surface area contributed by atoms with Crippen molar-refractivity contribution in [2.24, 2.45) is 5.92 Å². The maximum atomic E-state index is 13.5. The van der Waals surface area contributed by atoms with Gasteiger partial charge in [0.1, 0.15) is 0 Å². The molecule has 1 aliphatic heterocycles. The number of hydrogen-bond donors (Lipinski definition) is 2. The molecule has 0 saturated carbocycles. The Morgan fingerprint density at radius 1 is 1.44 bits per heavy atom. The molecule has 1 aliphatic rings. The van der Waals surface area contributed by atoms with Crippen LogP contribution >= 0.6 is 0 Å². The van der Waals surface area contributed by atoms with E-state index < -0.39 is 29.3 Å². The third-order valence-electron chi connectivity index (χ3n) is 3.11. The van der Waals surface area contributed by atoms with Crippen molar-refractivity contribution < 1.29 is 23.4 Å². The lowest BCUT2D eigenvalue weighted by Crippen LogP contribution is -2.17. The second kappa shape index (κ2) is 4.89. The number of halogens is 2. The zero-order valence-electron chi connectivity index (χ0n) is 9.74. The summed E-state index contributed by atoms with van der Waals surface area (Å²) in [6.45, 7) is 0.301. The first-order chi connectivity index (χ1) is 8.52. The molecule has 1 fully saturated rings. The number of aliphatic carboxylic acids is 1. The van der Waals surface area contributed by atoms with Crippen LogP contribution < -0.4 is 10.1 Å². The van der Waals surface area contributed by atoms with Crippen LogP contribution in [0.4, 0.5) is 8.78 Å². The number of nitrogens with one attached hydrogen (secondary N) is 1. The molecule has 0 spiro atoms. The number of hydrogen-bond acceptors (Lipinski definition) is 3. The van der Waals surface area contributed by atoms with Crippen LogP contribution in [0, 0.1) is 17.6 Å². The van der Waals surface area contributed by atoms with E-state index in [2.05, 4.69) is 10.1 Å². The predicted molar refractivity (Wildman–Crippen MR) is 59.4 cm³/mol. The third kappa shape index (κ3) is 2.28. The molecule has 18 heavy (non-hydrogen) atoms. The van der Waals surface area contributed by atoms with Crippen LogP contribution in [0.3, 0.4) is 0 Å². The van der Waals surface area contributed by atoms with Crippen LogP contribution in [-0.4, -0.2) is 24.7 Å². The van der Waals surface area contributed by atoms with Gasteiger partial charge < -0.3 is 15.2 Å². The molecular weight excluding hydrogens is 244 g/mol. The van der Waals surface area contributed by atoms with Crippen molar-refractivity contribution >= 4 is 5.97 Å². The predicted octanol–water partition coefficient (Wildman–Crippen LogP) is 1.71. The van der Waals surface area contributed by atoms with Gasteiger partial charge in [0.2, 0.25) is 0 Å². The van der Waals surface area contributed by atoms with E-state index in [1.54, 1.807) is 0 Å². The Morgan fingerprint density at radius 2 is 2.06 bits per heavy atom. The molecule has 0 radical (unpaired) electrons. The lowest BCUT2D eigenvalue weighted by atomic mass is 10.00.